The second-order valence-corrected chi connectivity index (χ2v) is 15.6. The molecule has 0 fully saturated rings. The SMILES string of the molecule is C/C=C\C1=C(/C=C(\C)N(c2ccc(-c3ccccc3)cc2)c2ccc(-c3ccccc3)cc2)C2(c3ccccc31)c1ccccc1-c1c2ccc2oc3ccccc3c12. The van der Waals surface area contributed by atoms with Crippen LogP contribution in [0.4, 0.5) is 11.4 Å². The van der Waals surface area contributed by atoms with Crippen LogP contribution in [0.2, 0.25) is 0 Å². The van der Waals surface area contributed by atoms with E-state index in [-0.39, 0.29) is 0 Å². The number of benzene rings is 8. The molecule has 0 saturated carbocycles. The molecule has 1 unspecified atom stereocenters. The van der Waals surface area contributed by atoms with Crippen LogP contribution in [-0.4, -0.2) is 0 Å². The summed E-state index contributed by atoms with van der Waals surface area (Å²) in [5, 5.41) is 2.32. The third-order valence-electron chi connectivity index (χ3n) is 12.4. The summed E-state index contributed by atoms with van der Waals surface area (Å²) in [6.45, 7) is 4.39. The smallest absolute Gasteiger partial charge is 0.136 e. The molecule has 11 rings (SSSR count). The second kappa shape index (κ2) is 13.9. The zero-order valence-electron chi connectivity index (χ0n) is 33.1. The molecule has 2 nitrogen and oxygen atoms in total. The third-order valence-corrected chi connectivity index (χ3v) is 12.4. The Kier molecular flexibility index (Phi) is 8.20. The van der Waals surface area contributed by atoms with Gasteiger partial charge in [0, 0.05) is 27.8 Å². The first kappa shape index (κ1) is 34.8. The van der Waals surface area contributed by atoms with Crippen molar-refractivity contribution in [3.8, 4) is 33.4 Å². The monoisotopic (exact) mass is 755 g/mol. The van der Waals surface area contributed by atoms with Crippen molar-refractivity contribution in [2.24, 2.45) is 0 Å². The summed E-state index contributed by atoms with van der Waals surface area (Å²) in [6.07, 6.45) is 6.97. The molecule has 1 aromatic heterocycles. The molecule has 0 radical (unpaired) electrons. The predicted molar refractivity (Wildman–Crippen MR) is 247 cm³/mol. The number of anilines is 2. The quantitative estimate of drug-likeness (QED) is 0.161. The Hall–Kier alpha value is -7.42. The number of allylic oxidation sites excluding steroid dienone is 6. The van der Waals surface area contributed by atoms with E-state index in [1.165, 1.54) is 72.2 Å². The van der Waals surface area contributed by atoms with E-state index in [4.69, 9.17) is 4.42 Å². The topological polar surface area (TPSA) is 16.4 Å². The minimum Gasteiger partial charge on any atom is -0.456 e. The van der Waals surface area contributed by atoms with Gasteiger partial charge in [-0.05, 0) is 123 Å². The van der Waals surface area contributed by atoms with Gasteiger partial charge in [0.2, 0.25) is 0 Å². The largest absolute Gasteiger partial charge is 0.456 e. The van der Waals surface area contributed by atoms with Gasteiger partial charge in [-0.1, -0.05) is 170 Å². The van der Waals surface area contributed by atoms with E-state index in [1.54, 1.807) is 0 Å². The van der Waals surface area contributed by atoms with Crippen molar-refractivity contribution in [3.63, 3.8) is 0 Å². The lowest BCUT2D eigenvalue weighted by atomic mass is 9.69. The van der Waals surface area contributed by atoms with E-state index in [1.807, 2.05) is 0 Å². The average Bonchev–Trinajstić information content (AvgIpc) is 3.91. The molecule has 8 aromatic carbocycles. The van der Waals surface area contributed by atoms with Gasteiger partial charge < -0.3 is 9.32 Å². The van der Waals surface area contributed by atoms with Gasteiger partial charge in [-0.15, -0.1) is 0 Å². The number of fused-ring (bicyclic) bond motifs is 11. The summed E-state index contributed by atoms with van der Waals surface area (Å²) in [6, 6.07) is 70.3. The normalized spacial score (nSPS) is 15.7. The van der Waals surface area contributed by atoms with Gasteiger partial charge in [0.1, 0.15) is 11.2 Å². The van der Waals surface area contributed by atoms with Crippen LogP contribution in [-0.2, 0) is 5.41 Å². The Morgan fingerprint density at radius 1 is 0.492 bits per heavy atom. The molecule has 2 aliphatic carbocycles. The molecule has 1 spiro atoms. The maximum atomic E-state index is 6.53. The van der Waals surface area contributed by atoms with Crippen molar-refractivity contribution >= 4 is 38.9 Å². The number of para-hydroxylation sites is 1. The van der Waals surface area contributed by atoms with Gasteiger partial charge in [-0.2, -0.15) is 0 Å². The van der Waals surface area contributed by atoms with Crippen LogP contribution in [0.1, 0.15) is 36.1 Å². The van der Waals surface area contributed by atoms with Crippen molar-refractivity contribution in [3.05, 3.63) is 246 Å². The highest BCUT2D eigenvalue weighted by Gasteiger charge is 2.52. The Bertz CT molecular complexity index is 3060. The number of furan rings is 1. The van der Waals surface area contributed by atoms with Crippen LogP contribution >= 0.6 is 0 Å². The van der Waals surface area contributed by atoms with Crippen molar-refractivity contribution in [2.75, 3.05) is 4.90 Å². The van der Waals surface area contributed by atoms with E-state index in [0.717, 1.165) is 33.6 Å². The Morgan fingerprint density at radius 2 is 1.02 bits per heavy atom. The van der Waals surface area contributed by atoms with Gasteiger partial charge in [-0.3, -0.25) is 0 Å². The summed E-state index contributed by atoms with van der Waals surface area (Å²) in [7, 11) is 0. The first-order chi connectivity index (χ1) is 29.1. The predicted octanol–water partition coefficient (Wildman–Crippen LogP) is 15.3. The molecule has 59 heavy (non-hydrogen) atoms. The minimum atomic E-state index is -0.564. The Balaban J connectivity index is 1.16. The lowest BCUT2D eigenvalue weighted by molar-refractivity contribution is 0.668. The summed E-state index contributed by atoms with van der Waals surface area (Å²) in [4.78, 5) is 2.41. The van der Waals surface area contributed by atoms with Crippen LogP contribution < -0.4 is 4.90 Å². The Labute approximate surface area is 345 Å². The molecule has 9 aromatic rings. The fourth-order valence-electron chi connectivity index (χ4n) is 9.93. The lowest BCUT2D eigenvalue weighted by Crippen LogP contribution is -2.27. The molecular weight excluding hydrogens is 715 g/mol. The summed E-state index contributed by atoms with van der Waals surface area (Å²) >= 11 is 0. The minimum absolute atomic E-state index is 0.564. The van der Waals surface area contributed by atoms with Crippen molar-refractivity contribution < 1.29 is 4.42 Å². The summed E-state index contributed by atoms with van der Waals surface area (Å²) in [5.41, 5.74) is 19.5. The van der Waals surface area contributed by atoms with E-state index in [0.29, 0.717) is 0 Å². The Morgan fingerprint density at radius 3 is 1.64 bits per heavy atom. The fourth-order valence-corrected chi connectivity index (χ4v) is 9.93. The maximum absolute atomic E-state index is 6.53. The highest BCUT2D eigenvalue weighted by Crippen LogP contribution is 2.64. The molecular formula is C57H41NO. The van der Waals surface area contributed by atoms with Crippen molar-refractivity contribution in [1.29, 1.82) is 0 Å². The second-order valence-electron chi connectivity index (χ2n) is 15.6. The standard InChI is InChI=1S/C57H41NO/c1-3-16-45-46-21-10-13-24-49(46)57(50-25-14-11-22-47(50)55-51(57)35-36-54-56(55)48-23-12-15-26-53(48)59-54)52(45)37-38(2)58(43-31-27-41(28-32-43)39-17-6-4-7-18-39)44-33-29-42(30-34-44)40-19-8-5-9-20-40/h3-37H,1-2H3/b16-3-,38-37+. The highest BCUT2D eigenvalue weighted by atomic mass is 16.3. The molecule has 0 N–H and O–H groups in total. The molecule has 0 amide bonds. The first-order valence-electron chi connectivity index (χ1n) is 20.5. The molecule has 0 saturated heterocycles. The number of nitrogens with zero attached hydrogens (tertiary/aromatic N) is 1. The molecule has 0 bridgehead atoms. The molecule has 280 valence electrons. The van der Waals surface area contributed by atoms with Gasteiger partial charge in [0.05, 0.1) is 5.41 Å². The molecule has 1 atom stereocenters. The molecule has 2 aliphatic rings. The molecule has 2 heteroatoms. The van der Waals surface area contributed by atoms with Crippen LogP contribution in [0, 0.1) is 0 Å². The molecule has 1 heterocycles. The average molecular weight is 756 g/mol. The number of hydrogen-bond acceptors (Lipinski definition) is 2. The highest BCUT2D eigenvalue weighted by molar-refractivity contribution is 6.16. The zero-order chi connectivity index (χ0) is 39.5. The van der Waals surface area contributed by atoms with E-state index < -0.39 is 5.41 Å². The third kappa shape index (κ3) is 5.34. The van der Waals surface area contributed by atoms with E-state index >= 15 is 0 Å². The van der Waals surface area contributed by atoms with Gasteiger partial charge in [0.25, 0.3) is 0 Å². The van der Waals surface area contributed by atoms with E-state index in [2.05, 4.69) is 231 Å². The van der Waals surface area contributed by atoms with Crippen LogP contribution in [0.25, 0.3) is 60.9 Å². The van der Waals surface area contributed by atoms with Crippen LogP contribution in [0.3, 0.4) is 0 Å². The van der Waals surface area contributed by atoms with Gasteiger partial charge in [0.15, 0.2) is 0 Å². The van der Waals surface area contributed by atoms with Crippen LogP contribution in [0.5, 0.6) is 0 Å². The summed E-state index contributed by atoms with van der Waals surface area (Å²) < 4.78 is 6.53. The number of rotatable bonds is 7. The maximum Gasteiger partial charge on any atom is 0.136 e. The van der Waals surface area contributed by atoms with Gasteiger partial charge >= 0.3 is 0 Å². The fraction of sp³-hybridized carbons (Fsp3) is 0.0526. The van der Waals surface area contributed by atoms with Crippen LogP contribution in [0.15, 0.2) is 228 Å². The molecule has 0 aliphatic heterocycles. The zero-order valence-corrected chi connectivity index (χ0v) is 33.1. The first-order valence-corrected chi connectivity index (χ1v) is 20.5. The van der Waals surface area contributed by atoms with E-state index in [9.17, 15) is 0 Å². The van der Waals surface area contributed by atoms with Gasteiger partial charge in [-0.25, -0.2) is 0 Å². The van der Waals surface area contributed by atoms with Crippen molar-refractivity contribution in [1.82, 2.24) is 0 Å². The van der Waals surface area contributed by atoms with Crippen molar-refractivity contribution in [2.45, 2.75) is 19.3 Å². The number of hydrogen-bond donors (Lipinski definition) is 0. The lowest BCUT2D eigenvalue weighted by Gasteiger charge is -2.33. The summed E-state index contributed by atoms with van der Waals surface area (Å²) in [5.74, 6) is 0.